The molecule has 2 aromatic carbocycles. The Balaban J connectivity index is 1.57. The van der Waals surface area contributed by atoms with Crippen LogP contribution in [0.3, 0.4) is 0 Å². The third-order valence-corrected chi connectivity index (χ3v) is 10.3. The zero-order valence-corrected chi connectivity index (χ0v) is 28.1. The molecular formula is C30H48N4O8P2. The lowest BCUT2D eigenvalue weighted by Crippen LogP contribution is -2.30. The molecule has 0 saturated carbocycles. The van der Waals surface area contributed by atoms with Crippen molar-refractivity contribution in [2.45, 2.75) is 65.7 Å². The molecular weight excluding hydrogens is 606 g/mol. The molecule has 0 heterocycles. The first-order chi connectivity index (χ1) is 21.1. The Hall–Kier alpha value is -2.72. The lowest BCUT2D eigenvalue weighted by Gasteiger charge is -2.17. The fourth-order valence-corrected chi connectivity index (χ4v) is 7.64. The Morgan fingerprint density at radius 3 is 1.16 bits per heavy atom. The molecule has 12 nitrogen and oxygen atoms in total. The van der Waals surface area contributed by atoms with Gasteiger partial charge in [0.2, 0.25) is 0 Å². The number of anilines is 2. The Morgan fingerprint density at radius 2 is 0.864 bits per heavy atom. The summed E-state index contributed by atoms with van der Waals surface area (Å²) in [5.41, 5.74) is 2.85. The summed E-state index contributed by atoms with van der Waals surface area (Å²) in [6.07, 6.45) is 3.79. The zero-order valence-electron chi connectivity index (χ0n) is 26.3. The van der Waals surface area contributed by atoms with E-state index in [9.17, 15) is 18.7 Å². The van der Waals surface area contributed by atoms with Crippen molar-refractivity contribution in [2.24, 2.45) is 0 Å². The fraction of sp³-hybridized carbons (Fsp3) is 0.533. The van der Waals surface area contributed by atoms with E-state index < -0.39 is 15.2 Å². The molecule has 0 radical (unpaired) electrons. The van der Waals surface area contributed by atoms with Gasteiger partial charge in [0, 0.05) is 24.5 Å². The molecule has 0 atom stereocenters. The number of unbranched alkanes of at least 4 members (excludes halogenated alkanes) is 3. The number of carbonyl (C=O) groups is 2. The predicted octanol–water partition coefficient (Wildman–Crippen LogP) is 7.72. The second-order valence-corrected chi connectivity index (χ2v) is 13.9. The maximum Gasteiger partial charge on any atom is 0.335 e. The van der Waals surface area contributed by atoms with E-state index in [0.717, 1.165) is 36.8 Å². The van der Waals surface area contributed by atoms with Crippen LogP contribution in [0, 0.1) is 0 Å². The Kier molecular flexibility index (Phi) is 17.3. The van der Waals surface area contributed by atoms with Crippen LogP contribution in [0.15, 0.2) is 48.5 Å². The molecule has 4 N–H and O–H groups in total. The lowest BCUT2D eigenvalue weighted by molar-refractivity contribution is 0.218. The molecule has 0 saturated heterocycles. The van der Waals surface area contributed by atoms with Gasteiger partial charge in [-0.05, 0) is 75.9 Å². The summed E-state index contributed by atoms with van der Waals surface area (Å²) in [6.45, 7) is 9.39. The minimum absolute atomic E-state index is 0.173. The third kappa shape index (κ3) is 14.8. The number of benzene rings is 2. The molecule has 246 valence electrons. The fourth-order valence-electron chi connectivity index (χ4n) is 4.24. The summed E-state index contributed by atoms with van der Waals surface area (Å²) in [5.74, 6) is 0. The highest BCUT2D eigenvalue weighted by molar-refractivity contribution is 7.53. The summed E-state index contributed by atoms with van der Waals surface area (Å²) in [6, 6.07) is 13.6. The largest absolute Gasteiger partial charge is 0.338 e. The van der Waals surface area contributed by atoms with Crippen LogP contribution in [0.5, 0.6) is 0 Å². The van der Waals surface area contributed by atoms with Gasteiger partial charge in [-0.2, -0.15) is 0 Å². The molecule has 0 aliphatic heterocycles. The monoisotopic (exact) mass is 654 g/mol. The number of hydrogen-bond donors (Lipinski definition) is 4. The van der Waals surface area contributed by atoms with Crippen LogP contribution in [0.2, 0.25) is 0 Å². The first-order valence-electron chi connectivity index (χ1n) is 15.2. The first-order valence-corrected chi connectivity index (χ1v) is 18.6. The average Bonchev–Trinajstić information content (AvgIpc) is 2.97. The normalized spacial score (nSPS) is 11.6. The highest BCUT2D eigenvalue weighted by Crippen LogP contribution is 2.52. The highest BCUT2D eigenvalue weighted by Gasteiger charge is 2.25. The summed E-state index contributed by atoms with van der Waals surface area (Å²) < 4.78 is 46.7. The van der Waals surface area contributed by atoms with Crippen LogP contribution in [0.1, 0.15) is 64.5 Å². The van der Waals surface area contributed by atoms with Gasteiger partial charge in [-0.1, -0.05) is 37.1 Å². The molecule has 0 aromatic heterocycles. The van der Waals surface area contributed by atoms with E-state index in [0.29, 0.717) is 50.9 Å². The molecule has 0 bridgehead atoms. The summed E-state index contributed by atoms with van der Waals surface area (Å²) in [7, 11) is -6.36. The van der Waals surface area contributed by atoms with E-state index in [4.69, 9.17) is 18.1 Å². The van der Waals surface area contributed by atoms with Gasteiger partial charge >= 0.3 is 27.3 Å². The molecule has 4 amide bonds. The molecule has 14 heteroatoms. The molecule has 0 spiro atoms. The smallest absolute Gasteiger partial charge is 0.335 e. The van der Waals surface area contributed by atoms with Gasteiger partial charge < -0.3 is 39.4 Å². The average molecular weight is 655 g/mol. The standard InChI is InChI=1S/C30H48N4O8P2/c1-5-39-43(37,40-6-2)23-25-13-17-27(18-14-25)33-29(35)31-21-11-9-10-12-22-32-30(36)34-28-19-15-26(16-20-28)24-44(38,41-7-3)42-8-4/h13-20H,5-12,21-24H2,1-4H3,(H2,31,33,35)(H2,32,34,36). The molecule has 0 fully saturated rings. The number of urea groups is 2. The van der Waals surface area contributed by atoms with E-state index >= 15 is 0 Å². The van der Waals surface area contributed by atoms with Crippen LogP contribution in [-0.2, 0) is 39.5 Å². The Bertz CT molecular complexity index is 1110. The van der Waals surface area contributed by atoms with Crippen molar-refractivity contribution in [2.75, 3.05) is 50.2 Å². The van der Waals surface area contributed by atoms with Gasteiger partial charge in [-0.15, -0.1) is 0 Å². The van der Waals surface area contributed by atoms with E-state index in [1.54, 1.807) is 76.2 Å². The first kappa shape index (κ1) is 37.5. The summed E-state index contributed by atoms with van der Waals surface area (Å²) >= 11 is 0. The van der Waals surface area contributed by atoms with Crippen molar-refractivity contribution in [3.8, 4) is 0 Å². The number of nitrogens with one attached hydrogen (secondary N) is 4. The number of carbonyl (C=O) groups excluding carboxylic acids is 2. The highest BCUT2D eigenvalue weighted by atomic mass is 31.2. The molecule has 0 aliphatic carbocycles. The van der Waals surface area contributed by atoms with E-state index in [2.05, 4.69) is 21.3 Å². The van der Waals surface area contributed by atoms with Crippen LogP contribution >= 0.6 is 15.2 Å². The van der Waals surface area contributed by atoms with Crippen LogP contribution < -0.4 is 21.3 Å². The van der Waals surface area contributed by atoms with Gasteiger partial charge in [0.1, 0.15) is 0 Å². The minimum Gasteiger partial charge on any atom is -0.338 e. The second kappa shape index (κ2) is 20.3. The van der Waals surface area contributed by atoms with Crippen LogP contribution in [0.4, 0.5) is 21.0 Å². The van der Waals surface area contributed by atoms with Crippen LogP contribution in [0.25, 0.3) is 0 Å². The van der Waals surface area contributed by atoms with Crippen molar-refractivity contribution >= 4 is 38.6 Å². The SMILES string of the molecule is CCOP(=O)(Cc1ccc(NC(=O)NCCCCCCNC(=O)Nc2ccc(CP(=O)(OCC)OCC)cc2)cc1)OCC. The van der Waals surface area contributed by atoms with E-state index in [1.165, 1.54) is 0 Å². The molecule has 0 unspecified atom stereocenters. The van der Waals surface area contributed by atoms with Crippen molar-refractivity contribution in [3.63, 3.8) is 0 Å². The van der Waals surface area contributed by atoms with Gasteiger partial charge in [0.15, 0.2) is 0 Å². The Morgan fingerprint density at radius 1 is 0.545 bits per heavy atom. The molecule has 44 heavy (non-hydrogen) atoms. The van der Waals surface area contributed by atoms with Gasteiger partial charge in [-0.25, -0.2) is 9.59 Å². The Labute approximate surface area is 261 Å². The van der Waals surface area contributed by atoms with Crippen LogP contribution in [-0.4, -0.2) is 51.6 Å². The predicted molar refractivity (Wildman–Crippen MR) is 175 cm³/mol. The summed E-state index contributed by atoms with van der Waals surface area (Å²) in [5, 5.41) is 11.3. The number of amides is 4. The molecule has 2 aromatic rings. The maximum absolute atomic E-state index is 12.7. The quantitative estimate of drug-likeness (QED) is 0.0788. The molecule has 0 aliphatic rings. The van der Waals surface area contributed by atoms with E-state index in [1.807, 2.05) is 0 Å². The third-order valence-electron chi connectivity index (χ3n) is 6.15. The minimum atomic E-state index is -3.18. The van der Waals surface area contributed by atoms with Gasteiger partial charge in [0.25, 0.3) is 0 Å². The van der Waals surface area contributed by atoms with Gasteiger partial charge in [0.05, 0.1) is 38.8 Å². The van der Waals surface area contributed by atoms with Crippen molar-refractivity contribution in [1.82, 2.24) is 10.6 Å². The summed E-state index contributed by atoms with van der Waals surface area (Å²) in [4.78, 5) is 24.4. The van der Waals surface area contributed by atoms with E-state index in [-0.39, 0.29) is 24.4 Å². The number of rotatable bonds is 21. The second-order valence-electron chi connectivity index (χ2n) is 9.78. The van der Waals surface area contributed by atoms with Crippen molar-refractivity contribution < 1.29 is 36.8 Å². The van der Waals surface area contributed by atoms with Gasteiger partial charge in [-0.3, -0.25) is 9.13 Å². The number of hydrogen-bond acceptors (Lipinski definition) is 8. The lowest BCUT2D eigenvalue weighted by atomic mass is 10.2. The molecule has 2 rings (SSSR count). The zero-order chi connectivity index (χ0) is 32.3. The maximum atomic E-state index is 12.7. The van der Waals surface area contributed by atoms with Crippen molar-refractivity contribution in [3.05, 3.63) is 59.7 Å². The van der Waals surface area contributed by atoms with Crippen molar-refractivity contribution in [1.29, 1.82) is 0 Å². The topological polar surface area (TPSA) is 153 Å².